The Kier molecular flexibility index (Phi) is 3.67. The highest BCUT2D eigenvalue weighted by molar-refractivity contribution is 5.78. The molecule has 3 aliphatic heterocycles. The summed E-state index contributed by atoms with van der Waals surface area (Å²) in [7, 11) is 0. The van der Waals surface area contributed by atoms with Crippen LogP contribution in [0.3, 0.4) is 0 Å². The minimum absolute atomic E-state index is 0.233. The van der Waals surface area contributed by atoms with Gasteiger partial charge in [-0.15, -0.1) is 0 Å². The van der Waals surface area contributed by atoms with Gasteiger partial charge < -0.3 is 14.5 Å². The van der Waals surface area contributed by atoms with Gasteiger partial charge in [-0.1, -0.05) is 0 Å². The average Bonchev–Trinajstić information content (AvgIpc) is 3.15. The summed E-state index contributed by atoms with van der Waals surface area (Å²) >= 11 is 0. The first kappa shape index (κ1) is 14.8. The third kappa shape index (κ3) is 2.78. The summed E-state index contributed by atoms with van der Waals surface area (Å²) in [5.74, 6) is 0.402. The molecule has 0 aromatic carbocycles. The highest BCUT2D eigenvalue weighted by Crippen LogP contribution is 2.37. The molecule has 3 fully saturated rings. The summed E-state index contributed by atoms with van der Waals surface area (Å²) in [4.78, 5) is 24.2. The second kappa shape index (κ2) is 5.70. The molecule has 0 aliphatic carbocycles. The molecule has 0 unspecified atom stereocenters. The lowest BCUT2D eigenvalue weighted by molar-refractivity contribution is -0.136. The molecule has 0 saturated carbocycles. The predicted molar refractivity (Wildman–Crippen MR) is 81.5 cm³/mol. The van der Waals surface area contributed by atoms with E-state index < -0.39 is 5.82 Å². The van der Waals surface area contributed by atoms with Crippen molar-refractivity contribution in [1.82, 2.24) is 14.9 Å². The van der Waals surface area contributed by atoms with Crippen LogP contribution in [-0.2, 0) is 9.53 Å². The van der Waals surface area contributed by atoms with E-state index in [4.69, 9.17) is 4.74 Å². The Bertz CT molecular complexity index is 596. The van der Waals surface area contributed by atoms with Crippen LogP contribution in [0.2, 0.25) is 0 Å². The highest BCUT2D eigenvalue weighted by atomic mass is 19.1. The van der Waals surface area contributed by atoms with Gasteiger partial charge >= 0.3 is 0 Å². The number of hydrogen-bond acceptors (Lipinski definition) is 5. The van der Waals surface area contributed by atoms with Gasteiger partial charge in [0.25, 0.3) is 0 Å². The Morgan fingerprint density at radius 2 is 2.13 bits per heavy atom. The van der Waals surface area contributed by atoms with Crippen LogP contribution in [0.1, 0.15) is 32.1 Å². The van der Waals surface area contributed by atoms with Gasteiger partial charge in [0.1, 0.15) is 0 Å². The fourth-order valence-electron chi connectivity index (χ4n) is 4.09. The lowest BCUT2D eigenvalue weighted by atomic mass is 9.89. The normalized spacial score (nSPS) is 31.3. The SMILES string of the molecule is O=C1CCCN1[C@H]1CCO[C@@]2(CCN(c3ncc(F)cn3)C2)C1. The molecule has 1 amide bonds. The first-order valence-electron chi connectivity index (χ1n) is 8.31. The smallest absolute Gasteiger partial charge is 0.225 e. The van der Waals surface area contributed by atoms with Crippen LogP contribution in [0, 0.1) is 5.82 Å². The van der Waals surface area contributed by atoms with Crippen LogP contribution in [-0.4, -0.2) is 58.7 Å². The molecule has 124 valence electrons. The van der Waals surface area contributed by atoms with Gasteiger partial charge in [0.15, 0.2) is 5.82 Å². The average molecular weight is 320 g/mol. The molecule has 0 N–H and O–H groups in total. The molecule has 1 aromatic rings. The van der Waals surface area contributed by atoms with Crippen LogP contribution in [0.15, 0.2) is 12.4 Å². The Hall–Kier alpha value is -1.76. The predicted octanol–water partition coefficient (Wildman–Crippen LogP) is 1.37. The summed E-state index contributed by atoms with van der Waals surface area (Å²) in [6.07, 6.45) is 6.73. The molecule has 3 saturated heterocycles. The lowest BCUT2D eigenvalue weighted by Gasteiger charge is -2.41. The first-order valence-corrected chi connectivity index (χ1v) is 8.31. The van der Waals surface area contributed by atoms with E-state index in [1.165, 1.54) is 12.4 Å². The summed E-state index contributed by atoms with van der Waals surface area (Å²) in [6, 6.07) is 0.285. The van der Waals surface area contributed by atoms with Crippen LogP contribution < -0.4 is 4.90 Å². The fraction of sp³-hybridized carbons (Fsp3) is 0.688. The van der Waals surface area contributed by atoms with Gasteiger partial charge in [-0.25, -0.2) is 14.4 Å². The Morgan fingerprint density at radius 3 is 2.87 bits per heavy atom. The Labute approximate surface area is 134 Å². The molecular formula is C16H21FN4O2. The molecule has 1 spiro atoms. The van der Waals surface area contributed by atoms with Crippen LogP contribution >= 0.6 is 0 Å². The van der Waals surface area contributed by atoms with Crippen molar-refractivity contribution >= 4 is 11.9 Å². The Balaban J connectivity index is 1.46. The number of likely N-dealkylation sites (tertiary alicyclic amines) is 1. The lowest BCUT2D eigenvalue weighted by Crippen LogP contribution is -2.50. The minimum atomic E-state index is -0.427. The highest BCUT2D eigenvalue weighted by Gasteiger charge is 2.46. The summed E-state index contributed by atoms with van der Waals surface area (Å²) in [6.45, 7) is 3.07. The van der Waals surface area contributed by atoms with E-state index in [1.54, 1.807) is 0 Å². The molecule has 4 heterocycles. The monoisotopic (exact) mass is 320 g/mol. The zero-order chi connectivity index (χ0) is 15.9. The van der Waals surface area contributed by atoms with Gasteiger partial charge in [-0.2, -0.15) is 0 Å². The zero-order valence-electron chi connectivity index (χ0n) is 13.1. The number of carbonyl (C=O) groups excluding carboxylic acids is 1. The standard InChI is InChI=1S/C16H21FN4O2/c17-12-9-18-15(19-10-12)20-6-4-16(11-20)8-13(3-7-23-16)21-5-1-2-14(21)22/h9-10,13H,1-8,11H2/t13-,16-/m0/s1. The zero-order valence-corrected chi connectivity index (χ0v) is 13.1. The van der Waals surface area contributed by atoms with E-state index in [9.17, 15) is 9.18 Å². The molecule has 3 aliphatic rings. The number of nitrogens with zero attached hydrogens (tertiary/aromatic N) is 4. The van der Waals surface area contributed by atoms with Crippen molar-refractivity contribution < 1.29 is 13.9 Å². The van der Waals surface area contributed by atoms with Gasteiger partial charge in [-0.05, 0) is 25.7 Å². The summed E-state index contributed by atoms with van der Waals surface area (Å²) in [5, 5.41) is 0. The van der Waals surface area contributed by atoms with Gasteiger partial charge in [0.2, 0.25) is 11.9 Å². The van der Waals surface area contributed by atoms with Crippen molar-refractivity contribution in [2.75, 3.05) is 31.1 Å². The number of hydrogen-bond donors (Lipinski definition) is 0. The molecule has 2 atom stereocenters. The minimum Gasteiger partial charge on any atom is -0.373 e. The quantitative estimate of drug-likeness (QED) is 0.824. The second-order valence-electron chi connectivity index (χ2n) is 6.74. The maximum Gasteiger partial charge on any atom is 0.225 e. The van der Waals surface area contributed by atoms with E-state index in [-0.39, 0.29) is 17.6 Å². The number of carbonyl (C=O) groups is 1. The fourth-order valence-corrected chi connectivity index (χ4v) is 4.09. The van der Waals surface area contributed by atoms with E-state index in [2.05, 4.69) is 9.97 Å². The third-order valence-electron chi connectivity index (χ3n) is 5.22. The van der Waals surface area contributed by atoms with E-state index in [1.807, 2.05) is 9.80 Å². The van der Waals surface area contributed by atoms with Gasteiger partial charge in [0, 0.05) is 32.2 Å². The van der Waals surface area contributed by atoms with Crippen molar-refractivity contribution in [3.8, 4) is 0 Å². The van der Waals surface area contributed by atoms with Crippen LogP contribution in [0.25, 0.3) is 0 Å². The topological polar surface area (TPSA) is 58.6 Å². The third-order valence-corrected chi connectivity index (χ3v) is 5.22. The van der Waals surface area contributed by atoms with Crippen molar-refractivity contribution in [2.45, 2.75) is 43.7 Å². The largest absolute Gasteiger partial charge is 0.373 e. The number of rotatable bonds is 2. The molecule has 7 heteroatoms. The molecular weight excluding hydrogens is 299 g/mol. The van der Waals surface area contributed by atoms with Crippen molar-refractivity contribution in [2.24, 2.45) is 0 Å². The van der Waals surface area contributed by atoms with Gasteiger partial charge in [-0.3, -0.25) is 4.79 Å². The molecule has 0 radical (unpaired) electrons. The van der Waals surface area contributed by atoms with E-state index >= 15 is 0 Å². The molecule has 0 bridgehead atoms. The van der Waals surface area contributed by atoms with Crippen molar-refractivity contribution in [3.63, 3.8) is 0 Å². The number of halogens is 1. The maximum absolute atomic E-state index is 13.0. The van der Waals surface area contributed by atoms with Crippen LogP contribution in [0.4, 0.5) is 10.3 Å². The maximum atomic E-state index is 13.0. The number of amides is 1. The van der Waals surface area contributed by atoms with E-state index in [0.717, 1.165) is 38.8 Å². The van der Waals surface area contributed by atoms with Crippen LogP contribution in [0.5, 0.6) is 0 Å². The van der Waals surface area contributed by atoms with Crippen molar-refractivity contribution in [1.29, 1.82) is 0 Å². The summed E-state index contributed by atoms with van der Waals surface area (Å²) < 4.78 is 19.1. The molecule has 1 aromatic heterocycles. The van der Waals surface area contributed by atoms with Crippen molar-refractivity contribution in [3.05, 3.63) is 18.2 Å². The second-order valence-corrected chi connectivity index (χ2v) is 6.74. The van der Waals surface area contributed by atoms with Gasteiger partial charge in [0.05, 0.1) is 24.5 Å². The molecule has 23 heavy (non-hydrogen) atoms. The number of anilines is 1. The first-order chi connectivity index (χ1) is 11.2. The Morgan fingerprint density at radius 1 is 1.30 bits per heavy atom. The molecule has 6 nitrogen and oxygen atoms in total. The number of aromatic nitrogens is 2. The number of ether oxygens (including phenoxy) is 1. The van der Waals surface area contributed by atoms with E-state index in [0.29, 0.717) is 25.5 Å². The molecule has 4 rings (SSSR count). The summed E-state index contributed by atoms with van der Waals surface area (Å²) in [5.41, 5.74) is -0.233.